The molecule has 0 saturated heterocycles. The van der Waals surface area contributed by atoms with Gasteiger partial charge in [-0.05, 0) is 25.3 Å². The number of nitrogens with zero attached hydrogens (tertiary/aromatic N) is 1. The number of hydrogen-bond acceptors (Lipinski definition) is 2. The van der Waals surface area contributed by atoms with Crippen LogP contribution in [0.15, 0.2) is 28.5 Å². The molecule has 0 bridgehead atoms. The summed E-state index contributed by atoms with van der Waals surface area (Å²) >= 11 is 0. The van der Waals surface area contributed by atoms with Crippen molar-refractivity contribution in [3.8, 4) is 0 Å². The number of aromatic nitrogens is 1. The van der Waals surface area contributed by atoms with Crippen molar-refractivity contribution in [3.05, 3.63) is 34.6 Å². The number of H-pyrrole nitrogens is 1. The summed E-state index contributed by atoms with van der Waals surface area (Å²) in [6.07, 6.45) is 0. The van der Waals surface area contributed by atoms with Gasteiger partial charge < -0.3 is 4.98 Å². The molecule has 0 saturated carbocycles. The first-order valence-electron chi connectivity index (χ1n) is 3.51. The van der Waals surface area contributed by atoms with Crippen LogP contribution >= 0.6 is 0 Å². The lowest BCUT2D eigenvalue weighted by Crippen LogP contribution is -2.03. The lowest BCUT2D eigenvalue weighted by molar-refractivity contribution is 1.20. The van der Waals surface area contributed by atoms with Crippen molar-refractivity contribution in [1.29, 1.82) is 0 Å². The molecule has 0 unspecified atom stereocenters. The highest BCUT2D eigenvalue weighted by atomic mass is 16.1. The zero-order valence-electron chi connectivity index (χ0n) is 6.92. The van der Waals surface area contributed by atoms with Gasteiger partial charge in [0.15, 0.2) is 0 Å². The topological polar surface area (TPSA) is 45.2 Å². The normalized spacial score (nSPS) is 9.42. The summed E-state index contributed by atoms with van der Waals surface area (Å²) in [6.45, 7) is 8.96. The van der Waals surface area contributed by atoms with Crippen LogP contribution in [0.5, 0.6) is 0 Å². The maximum Gasteiger partial charge on any atom is 0.249 e. The maximum absolute atomic E-state index is 10.9. The summed E-state index contributed by atoms with van der Waals surface area (Å²) in [5.41, 5.74) is 1.50. The second kappa shape index (κ2) is 3.17. The van der Waals surface area contributed by atoms with Gasteiger partial charge in [-0.2, -0.15) is 0 Å². The highest BCUT2D eigenvalue weighted by molar-refractivity contribution is 5.70. The van der Waals surface area contributed by atoms with Crippen LogP contribution in [-0.4, -0.2) is 11.7 Å². The van der Waals surface area contributed by atoms with E-state index in [9.17, 15) is 4.79 Å². The molecule has 1 rings (SSSR count). The van der Waals surface area contributed by atoms with Gasteiger partial charge in [-0.3, -0.25) is 4.79 Å². The molecule has 0 aliphatic carbocycles. The van der Waals surface area contributed by atoms with E-state index >= 15 is 0 Å². The van der Waals surface area contributed by atoms with E-state index in [-0.39, 0.29) is 5.56 Å². The molecule has 1 N–H and O–H groups in total. The fraction of sp³-hybridized carbons (Fsp3) is 0.111. The largest absolute Gasteiger partial charge is 0.307 e. The van der Waals surface area contributed by atoms with Crippen molar-refractivity contribution in [2.75, 3.05) is 0 Å². The molecule has 0 radical (unpaired) electrons. The summed E-state index contributed by atoms with van der Waals surface area (Å²) in [6, 6.07) is 3.13. The number of nitrogens with one attached hydrogen (secondary N) is 1. The third-order valence-electron chi connectivity index (χ3n) is 1.52. The van der Waals surface area contributed by atoms with Gasteiger partial charge in [0, 0.05) is 11.6 Å². The SMILES string of the molecule is C=Nc1[nH]c(=O)ccc1C(=C)C. The van der Waals surface area contributed by atoms with Crippen LogP contribution in [-0.2, 0) is 0 Å². The van der Waals surface area contributed by atoms with Crippen LogP contribution in [0.1, 0.15) is 12.5 Å². The molecule has 0 aliphatic heterocycles. The Balaban J connectivity index is 3.39. The predicted molar refractivity (Wildman–Crippen MR) is 51.0 cm³/mol. The zero-order valence-corrected chi connectivity index (χ0v) is 6.92. The Bertz CT molecular complexity index is 376. The Hall–Kier alpha value is -1.64. The Morgan fingerprint density at radius 3 is 2.75 bits per heavy atom. The summed E-state index contributed by atoms with van der Waals surface area (Å²) in [7, 11) is 0. The average Bonchev–Trinajstić information content (AvgIpc) is 2.03. The number of rotatable bonds is 2. The number of aliphatic imine (C=N–C) groups is 1. The lowest BCUT2D eigenvalue weighted by Gasteiger charge is -2.01. The molecule has 0 aliphatic rings. The zero-order chi connectivity index (χ0) is 9.14. The Morgan fingerprint density at radius 2 is 2.25 bits per heavy atom. The first-order valence-corrected chi connectivity index (χ1v) is 3.51. The Labute approximate surface area is 70.5 Å². The van der Waals surface area contributed by atoms with Crippen molar-refractivity contribution in [2.45, 2.75) is 6.92 Å². The number of allylic oxidation sites excluding steroid dienone is 1. The molecule has 1 aromatic heterocycles. The van der Waals surface area contributed by atoms with Crippen molar-refractivity contribution < 1.29 is 0 Å². The van der Waals surface area contributed by atoms with E-state index < -0.39 is 0 Å². The predicted octanol–water partition coefficient (Wildman–Crippen LogP) is 1.74. The molecule has 3 nitrogen and oxygen atoms in total. The molecule has 3 heteroatoms. The van der Waals surface area contributed by atoms with Gasteiger partial charge in [0.25, 0.3) is 0 Å². The monoisotopic (exact) mass is 162 g/mol. The maximum atomic E-state index is 10.9. The van der Waals surface area contributed by atoms with Gasteiger partial charge in [-0.15, -0.1) is 0 Å². The van der Waals surface area contributed by atoms with E-state index in [0.29, 0.717) is 5.82 Å². The minimum absolute atomic E-state index is 0.178. The summed E-state index contributed by atoms with van der Waals surface area (Å²) in [5.74, 6) is 0.481. The standard InChI is InChI=1S/C9H10N2O/c1-6(2)7-4-5-8(12)11-9(7)10-3/h4-5H,1,3H2,2H3,(H,11,12). The average molecular weight is 162 g/mol. The van der Waals surface area contributed by atoms with Crippen LogP contribution in [0, 0.1) is 0 Å². The van der Waals surface area contributed by atoms with Crippen LogP contribution in [0.4, 0.5) is 5.82 Å². The molecule has 12 heavy (non-hydrogen) atoms. The summed E-state index contributed by atoms with van der Waals surface area (Å²) in [5, 5.41) is 0. The first-order chi connectivity index (χ1) is 5.65. The van der Waals surface area contributed by atoms with E-state index in [1.54, 1.807) is 6.07 Å². The molecule has 0 fully saturated rings. The van der Waals surface area contributed by atoms with E-state index in [1.807, 2.05) is 6.92 Å². The second-order valence-corrected chi connectivity index (χ2v) is 2.52. The Kier molecular flexibility index (Phi) is 2.24. The van der Waals surface area contributed by atoms with Crippen molar-refractivity contribution in [3.63, 3.8) is 0 Å². The van der Waals surface area contributed by atoms with E-state index in [0.717, 1.165) is 11.1 Å². The third kappa shape index (κ3) is 1.50. The van der Waals surface area contributed by atoms with Crippen LogP contribution in [0.25, 0.3) is 5.57 Å². The van der Waals surface area contributed by atoms with E-state index in [4.69, 9.17) is 0 Å². The van der Waals surface area contributed by atoms with Gasteiger partial charge in [0.05, 0.1) is 0 Å². The van der Waals surface area contributed by atoms with E-state index in [1.165, 1.54) is 6.07 Å². The highest BCUT2D eigenvalue weighted by Crippen LogP contribution is 2.19. The highest BCUT2D eigenvalue weighted by Gasteiger charge is 2.00. The summed E-state index contributed by atoms with van der Waals surface area (Å²) < 4.78 is 0. The molecule has 0 spiro atoms. The Morgan fingerprint density at radius 1 is 1.58 bits per heavy atom. The molecule has 62 valence electrons. The molecule has 1 heterocycles. The van der Waals surface area contributed by atoms with Crippen molar-refractivity contribution in [1.82, 2.24) is 4.98 Å². The van der Waals surface area contributed by atoms with Crippen LogP contribution < -0.4 is 5.56 Å². The van der Waals surface area contributed by atoms with Crippen LogP contribution in [0.2, 0.25) is 0 Å². The van der Waals surface area contributed by atoms with Gasteiger partial charge in [-0.25, -0.2) is 4.99 Å². The number of pyridine rings is 1. The fourth-order valence-corrected chi connectivity index (χ4v) is 0.933. The molecule has 0 aromatic carbocycles. The lowest BCUT2D eigenvalue weighted by atomic mass is 10.1. The van der Waals surface area contributed by atoms with E-state index in [2.05, 4.69) is 23.3 Å². The minimum atomic E-state index is -0.178. The van der Waals surface area contributed by atoms with Gasteiger partial charge in [-0.1, -0.05) is 6.58 Å². The van der Waals surface area contributed by atoms with Crippen molar-refractivity contribution >= 4 is 18.1 Å². The minimum Gasteiger partial charge on any atom is -0.307 e. The first kappa shape index (κ1) is 8.46. The third-order valence-corrected chi connectivity index (χ3v) is 1.52. The fourth-order valence-electron chi connectivity index (χ4n) is 0.933. The molecule has 0 atom stereocenters. The van der Waals surface area contributed by atoms with Crippen molar-refractivity contribution in [2.24, 2.45) is 4.99 Å². The quantitative estimate of drug-likeness (QED) is 0.661. The second-order valence-electron chi connectivity index (χ2n) is 2.52. The van der Waals surface area contributed by atoms with Gasteiger partial charge >= 0.3 is 0 Å². The van der Waals surface area contributed by atoms with Crippen LogP contribution in [0.3, 0.4) is 0 Å². The number of hydrogen-bond donors (Lipinski definition) is 1. The number of aromatic amines is 1. The molecule has 0 amide bonds. The van der Waals surface area contributed by atoms with Gasteiger partial charge in [0.2, 0.25) is 5.56 Å². The molecule has 1 aromatic rings. The molecular formula is C9H10N2O. The summed E-state index contributed by atoms with van der Waals surface area (Å²) in [4.78, 5) is 17.1. The molecular weight excluding hydrogens is 152 g/mol. The van der Waals surface area contributed by atoms with Gasteiger partial charge in [0.1, 0.15) is 5.82 Å². The smallest absolute Gasteiger partial charge is 0.249 e.